The molecule has 1 aromatic heterocycles. The highest BCUT2D eigenvalue weighted by atomic mass is 32.2. The molecule has 0 bridgehead atoms. The summed E-state index contributed by atoms with van der Waals surface area (Å²) in [6.45, 7) is -1.20. The molecular weight excluding hydrogens is 371 g/mol. The summed E-state index contributed by atoms with van der Waals surface area (Å²) in [6.07, 6.45) is -1.36. The highest BCUT2D eigenvalue weighted by Crippen LogP contribution is 2.32. The number of methoxy groups -OCH3 is 1. The smallest absolute Gasteiger partial charge is 0.408 e. The number of aromatic nitrogens is 2. The summed E-state index contributed by atoms with van der Waals surface area (Å²) >= 11 is 0. The number of nitrogens with one attached hydrogen (secondary N) is 1. The van der Waals surface area contributed by atoms with Gasteiger partial charge in [0, 0.05) is 6.20 Å². The quantitative estimate of drug-likeness (QED) is 0.854. The Bertz CT molecular complexity index is 894. The van der Waals surface area contributed by atoms with E-state index in [0.29, 0.717) is 30.5 Å². The van der Waals surface area contributed by atoms with Gasteiger partial charge in [0.2, 0.25) is 10.0 Å². The summed E-state index contributed by atoms with van der Waals surface area (Å²) in [6, 6.07) is 5.48. The third-order valence-corrected chi connectivity index (χ3v) is 5.65. The Hall–Kier alpha value is -2.07. The Morgan fingerprint density at radius 1 is 1.35 bits per heavy atom. The van der Waals surface area contributed by atoms with E-state index in [9.17, 15) is 21.6 Å². The number of rotatable bonds is 5. The van der Waals surface area contributed by atoms with Gasteiger partial charge in [0.25, 0.3) is 0 Å². The fourth-order valence-corrected chi connectivity index (χ4v) is 4.47. The number of hydrogen-bond acceptors (Lipinski definition) is 4. The van der Waals surface area contributed by atoms with Gasteiger partial charge in [-0.25, -0.2) is 13.1 Å². The van der Waals surface area contributed by atoms with Crippen LogP contribution in [0, 0.1) is 0 Å². The molecule has 26 heavy (non-hydrogen) atoms. The van der Waals surface area contributed by atoms with Crippen LogP contribution < -0.4 is 9.46 Å². The number of aryl methyl sites for hydroxylation is 1. The minimum atomic E-state index is -4.39. The van der Waals surface area contributed by atoms with Gasteiger partial charge in [0.05, 0.1) is 18.8 Å². The number of sulfonamides is 1. The minimum Gasteiger partial charge on any atom is -0.495 e. The Kier molecular flexibility index (Phi) is 4.98. The molecular formula is C16H18F3N3O3S. The lowest BCUT2D eigenvalue weighted by atomic mass is 9.94. The zero-order valence-corrected chi connectivity index (χ0v) is 14.8. The summed E-state index contributed by atoms with van der Waals surface area (Å²) in [4.78, 5) is -0.0238. The molecule has 1 N–H and O–H groups in total. The maximum Gasteiger partial charge on any atom is 0.408 e. The molecule has 0 amide bonds. The van der Waals surface area contributed by atoms with E-state index >= 15 is 0 Å². The van der Waals surface area contributed by atoms with Gasteiger partial charge in [0.15, 0.2) is 0 Å². The van der Waals surface area contributed by atoms with Gasteiger partial charge in [0.1, 0.15) is 17.2 Å². The molecule has 1 aromatic carbocycles. The summed E-state index contributed by atoms with van der Waals surface area (Å²) in [5, 5.41) is 3.98. The molecule has 1 aliphatic carbocycles. The predicted octanol–water partition coefficient (Wildman–Crippen LogP) is 2.81. The molecule has 2 aromatic rings. The van der Waals surface area contributed by atoms with Gasteiger partial charge in [-0.1, -0.05) is 12.1 Å². The first kappa shape index (κ1) is 18.7. The molecule has 3 rings (SSSR count). The van der Waals surface area contributed by atoms with E-state index in [1.54, 1.807) is 12.1 Å². The minimum absolute atomic E-state index is 0.0238. The maximum absolute atomic E-state index is 12.7. The van der Waals surface area contributed by atoms with E-state index in [0.717, 1.165) is 4.68 Å². The Morgan fingerprint density at radius 3 is 2.77 bits per heavy atom. The molecule has 0 spiro atoms. The monoisotopic (exact) mass is 389 g/mol. The summed E-state index contributed by atoms with van der Waals surface area (Å²) in [5.74, 6) is 0.193. The van der Waals surface area contributed by atoms with E-state index in [1.165, 1.54) is 25.4 Å². The topological polar surface area (TPSA) is 73.2 Å². The van der Waals surface area contributed by atoms with Gasteiger partial charge in [-0.3, -0.25) is 4.68 Å². The van der Waals surface area contributed by atoms with Crippen LogP contribution in [0.2, 0.25) is 0 Å². The Labute approximate surface area is 149 Å². The Balaban J connectivity index is 1.88. The lowest BCUT2D eigenvalue weighted by Crippen LogP contribution is -2.31. The van der Waals surface area contributed by atoms with Gasteiger partial charge in [-0.05, 0) is 37.0 Å². The zero-order valence-electron chi connectivity index (χ0n) is 14.0. The second-order valence-corrected chi connectivity index (χ2v) is 7.75. The molecule has 0 unspecified atom stereocenters. The normalized spacial score (nSPS) is 17.8. The van der Waals surface area contributed by atoms with Crippen LogP contribution in [0.25, 0.3) is 0 Å². The molecule has 142 valence electrons. The van der Waals surface area contributed by atoms with E-state index < -0.39 is 28.8 Å². The van der Waals surface area contributed by atoms with E-state index in [1.807, 2.05) is 0 Å². The number of fused-ring (bicyclic) bond motifs is 1. The van der Waals surface area contributed by atoms with Crippen molar-refractivity contribution in [1.29, 1.82) is 0 Å². The SMILES string of the molecule is COc1ccccc1S(=O)(=O)N[C@H]1CCCc2cn(CC(F)(F)F)nc21. The number of halogens is 3. The van der Waals surface area contributed by atoms with Crippen LogP contribution in [-0.4, -0.2) is 31.5 Å². The van der Waals surface area contributed by atoms with Gasteiger partial charge in [-0.2, -0.15) is 18.3 Å². The third-order valence-electron chi connectivity index (χ3n) is 4.14. The fourth-order valence-electron chi connectivity index (χ4n) is 3.07. The Morgan fingerprint density at radius 2 is 2.08 bits per heavy atom. The molecule has 0 radical (unpaired) electrons. The van der Waals surface area contributed by atoms with E-state index in [4.69, 9.17) is 4.74 Å². The van der Waals surface area contributed by atoms with Gasteiger partial charge >= 0.3 is 6.18 Å². The summed E-state index contributed by atoms with van der Waals surface area (Å²) < 4.78 is 71.7. The second-order valence-electron chi connectivity index (χ2n) is 6.07. The highest BCUT2D eigenvalue weighted by Gasteiger charge is 2.33. The van der Waals surface area contributed by atoms with E-state index in [-0.39, 0.29) is 10.6 Å². The number of ether oxygens (including phenoxy) is 1. The number of benzene rings is 1. The molecule has 0 aliphatic heterocycles. The average molecular weight is 389 g/mol. The maximum atomic E-state index is 12.7. The molecule has 10 heteroatoms. The number of para-hydroxylation sites is 1. The van der Waals surface area contributed by atoms with Crippen molar-refractivity contribution in [2.24, 2.45) is 0 Å². The van der Waals surface area contributed by atoms with Gasteiger partial charge in [-0.15, -0.1) is 0 Å². The molecule has 6 nitrogen and oxygen atoms in total. The third kappa shape index (κ3) is 4.01. The lowest BCUT2D eigenvalue weighted by Gasteiger charge is -2.22. The van der Waals surface area contributed by atoms with Crippen LogP contribution in [0.15, 0.2) is 35.4 Å². The van der Waals surface area contributed by atoms with Crippen molar-refractivity contribution in [1.82, 2.24) is 14.5 Å². The van der Waals surface area contributed by atoms with E-state index in [2.05, 4.69) is 9.82 Å². The first-order valence-corrected chi connectivity index (χ1v) is 9.46. The number of nitrogens with zero attached hydrogens (tertiary/aromatic N) is 2. The van der Waals surface area contributed by atoms with Crippen molar-refractivity contribution in [3.63, 3.8) is 0 Å². The van der Waals surface area contributed by atoms with Crippen molar-refractivity contribution < 1.29 is 26.3 Å². The molecule has 1 heterocycles. The van der Waals surface area contributed by atoms with Crippen LogP contribution >= 0.6 is 0 Å². The van der Waals surface area contributed by atoms with Crippen LogP contribution in [0.1, 0.15) is 30.1 Å². The molecule has 1 aliphatic rings. The summed E-state index contributed by atoms with van der Waals surface area (Å²) in [5.41, 5.74) is 0.979. The fraction of sp³-hybridized carbons (Fsp3) is 0.438. The highest BCUT2D eigenvalue weighted by molar-refractivity contribution is 7.89. The van der Waals surface area contributed by atoms with Crippen molar-refractivity contribution >= 4 is 10.0 Å². The van der Waals surface area contributed by atoms with Crippen molar-refractivity contribution in [2.75, 3.05) is 7.11 Å². The standard InChI is InChI=1S/C16H18F3N3O3S/c1-25-13-7-2-3-8-14(13)26(23,24)21-12-6-4-5-11-9-22(20-15(11)12)10-16(17,18)19/h2-3,7-9,12,21H,4-6,10H2,1H3/t12-/m0/s1. The van der Waals surface area contributed by atoms with Crippen LogP contribution in [-0.2, 0) is 23.0 Å². The first-order chi connectivity index (χ1) is 12.2. The number of alkyl halides is 3. The predicted molar refractivity (Wildman–Crippen MR) is 87.3 cm³/mol. The van der Waals surface area contributed by atoms with Crippen LogP contribution in [0.3, 0.4) is 0 Å². The molecule has 0 saturated heterocycles. The van der Waals surface area contributed by atoms with Gasteiger partial charge < -0.3 is 4.74 Å². The van der Waals surface area contributed by atoms with Crippen molar-refractivity contribution in [3.8, 4) is 5.75 Å². The zero-order chi connectivity index (χ0) is 18.9. The number of hydrogen-bond donors (Lipinski definition) is 1. The van der Waals surface area contributed by atoms with Crippen LogP contribution in [0.4, 0.5) is 13.2 Å². The lowest BCUT2D eigenvalue weighted by molar-refractivity contribution is -0.142. The average Bonchev–Trinajstić information content (AvgIpc) is 2.96. The molecule has 0 saturated carbocycles. The largest absolute Gasteiger partial charge is 0.495 e. The van der Waals surface area contributed by atoms with Crippen molar-refractivity contribution in [2.45, 2.75) is 42.9 Å². The van der Waals surface area contributed by atoms with Crippen molar-refractivity contribution in [3.05, 3.63) is 41.7 Å². The second kappa shape index (κ2) is 6.92. The summed E-state index contributed by atoms with van der Waals surface area (Å²) in [7, 11) is -2.55. The first-order valence-electron chi connectivity index (χ1n) is 7.98. The molecule has 1 atom stereocenters. The van der Waals surface area contributed by atoms with Crippen LogP contribution in [0.5, 0.6) is 5.75 Å². The molecule has 0 fully saturated rings.